The number of hydrogen-bond acceptors (Lipinski definition) is 7. The summed E-state index contributed by atoms with van der Waals surface area (Å²) < 4.78 is 109. The number of aromatic nitrogens is 3. The highest BCUT2D eigenvalue weighted by Gasteiger charge is 2.56. The van der Waals surface area contributed by atoms with Crippen LogP contribution in [0.15, 0.2) is 36.5 Å². The number of carbonyl (C=O) groups excluding carboxylic acids is 2. The Morgan fingerprint density at radius 1 is 1.13 bits per heavy atom. The third-order valence-corrected chi connectivity index (χ3v) is 7.79. The average Bonchev–Trinajstić information content (AvgIpc) is 3.45. The summed E-state index contributed by atoms with van der Waals surface area (Å²) in [5.41, 5.74) is 0.589. The fraction of sp³-hybridized carbons (Fsp3) is 0.333. The number of halogens is 7. The lowest BCUT2D eigenvalue weighted by molar-refractivity contribution is -0.179. The predicted octanol–water partition coefficient (Wildman–Crippen LogP) is 5.08. The van der Waals surface area contributed by atoms with Crippen molar-refractivity contribution in [3.05, 3.63) is 70.8 Å². The molecule has 0 bridgehead atoms. The molecule has 5 rings (SSSR count). The third-order valence-electron chi connectivity index (χ3n) is 7.79. The molecule has 0 saturated heterocycles. The summed E-state index contributed by atoms with van der Waals surface area (Å²) in [7, 11) is 1.22. The van der Waals surface area contributed by atoms with Gasteiger partial charge in [-0.3, -0.25) is 9.59 Å². The molecule has 17 heteroatoms. The summed E-state index contributed by atoms with van der Waals surface area (Å²) in [5, 5.41) is 18.2. The fourth-order valence-corrected chi connectivity index (χ4v) is 5.38. The molecule has 0 aliphatic heterocycles. The number of aliphatic hydroxyl groups is 1. The van der Waals surface area contributed by atoms with Gasteiger partial charge in [-0.2, -0.15) is 13.9 Å². The number of benzene rings is 2. The number of amides is 2. The molecular formula is C30H26F7N5O5. The van der Waals surface area contributed by atoms with E-state index < -0.39 is 101 Å². The molecule has 10 nitrogen and oxygen atoms in total. The van der Waals surface area contributed by atoms with Gasteiger partial charge >= 0.3 is 6.55 Å². The standard InChI is InChI=1S/C30H26F7N5O5/c1-3-47-25-17(26(38)43)7-22(40-24(25)16-6-19(32)20(33)8-18(16)31)30(45,15-9-29(36,37)10-15)12-39-27(44)13-4-14-11-42(28(34)35)41-23(14)21(5-13)46-2/h4-8,11,15,28,45H,3,9-10,12H2,1-2H3,(H2,38,43)(H,39,44)/t30-/m1/s1. The number of fused-ring (bicyclic) bond motifs is 1. The molecule has 47 heavy (non-hydrogen) atoms. The van der Waals surface area contributed by atoms with Crippen LogP contribution in [-0.2, 0) is 5.60 Å². The van der Waals surface area contributed by atoms with E-state index in [9.17, 15) is 41.0 Å². The summed E-state index contributed by atoms with van der Waals surface area (Å²) in [6.07, 6.45) is -0.802. The molecule has 250 valence electrons. The second-order valence-corrected chi connectivity index (χ2v) is 10.8. The van der Waals surface area contributed by atoms with Crippen molar-refractivity contribution < 1.29 is 54.9 Å². The molecular weight excluding hydrogens is 643 g/mol. The number of pyridine rings is 1. The predicted molar refractivity (Wildman–Crippen MR) is 151 cm³/mol. The van der Waals surface area contributed by atoms with Crippen molar-refractivity contribution in [2.45, 2.75) is 37.8 Å². The van der Waals surface area contributed by atoms with Gasteiger partial charge in [-0.25, -0.2) is 31.6 Å². The van der Waals surface area contributed by atoms with Crippen molar-refractivity contribution in [2.24, 2.45) is 11.7 Å². The van der Waals surface area contributed by atoms with Gasteiger partial charge in [-0.05, 0) is 31.2 Å². The number of hydrogen-bond donors (Lipinski definition) is 3. The number of nitrogens with zero attached hydrogens (tertiary/aromatic N) is 3. The van der Waals surface area contributed by atoms with Gasteiger partial charge < -0.3 is 25.6 Å². The minimum absolute atomic E-state index is 0.0205. The first-order chi connectivity index (χ1) is 22.1. The third kappa shape index (κ3) is 6.26. The minimum atomic E-state index is -3.21. The maximum absolute atomic E-state index is 15.0. The zero-order chi connectivity index (χ0) is 34.4. The van der Waals surface area contributed by atoms with Gasteiger partial charge in [0.2, 0.25) is 5.92 Å². The zero-order valence-electron chi connectivity index (χ0n) is 24.6. The Labute approximate surface area is 261 Å². The lowest BCUT2D eigenvalue weighted by Crippen LogP contribution is -2.54. The van der Waals surface area contributed by atoms with Gasteiger partial charge in [0, 0.05) is 47.5 Å². The van der Waals surface area contributed by atoms with Crippen LogP contribution in [-0.4, -0.2) is 57.9 Å². The highest BCUT2D eigenvalue weighted by molar-refractivity contribution is 6.00. The van der Waals surface area contributed by atoms with Gasteiger partial charge in [0.15, 0.2) is 17.4 Å². The molecule has 1 aliphatic carbocycles. The first-order valence-electron chi connectivity index (χ1n) is 13.9. The molecule has 2 heterocycles. The second-order valence-electron chi connectivity index (χ2n) is 10.8. The summed E-state index contributed by atoms with van der Waals surface area (Å²) in [4.78, 5) is 30.0. The Morgan fingerprint density at radius 2 is 1.81 bits per heavy atom. The lowest BCUT2D eigenvalue weighted by atomic mass is 9.68. The molecule has 1 atom stereocenters. The Balaban J connectivity index is 1.60. The number of rotatable bonds is 11. The van der Waals surface area contributed by atoms with E-state index in [1.807, 2.05) is 0 Å². The van der Waals surface area contributed by atoms with Crippen LogP contribution in [0.4, 0.5) is 30.7 Å². The molecule has 2 amide bonds. The van der Waals surface area contributed by atoms with Crippen molar-refractivity contribution in [1.82, 2.24) is 20.1 Å². The van der Waals surface area contributed by atoms with Gasteiger partial charge in [-0.15, -0.1) is 0 Å². The van der Waals surface area contributed by atoms with E-state index in [1.54, 1.807) is 0 Å². The Hall–Kier alpha value is -4.93. The average molecular weight is 670 g/mol. The molecule has 0 radical (unpaired) electrons. The Bertz CT molecular complexity index is 1880. The highest BCUT2D eigenvalue weighted by Crippen LogP contribution is 2.51. The first-order valence-corrected chi connectivity index (χ1v) is 13.9. The van der Waals surface area contributed by atoms with Gasteiger partial charge in [0.05, 0.1) is 31.5 Å². The molecule has 1 saturated carbocycles. The van der Waals surface area contributed by atoms with Crippen LogP contribution in [0.25, 0.3) is 22.2 Å². The topological polar surface area (TPSA) is 142 Å². The van der Waals surface area contributed by atoms with Crippen molar-refractivity contribution in [2.75, 3.05) is 20.3 Å². The first kappa shape index (κ1) is 33.4. The van der Waals surface area contributed by atoms with E-state index in [4.69, 9.17) is 15.2 Å². The van der Waals surface area contributed by atoms with Crippen molar-refractivity contribution in [3.8, 4) is 22.8 Å². The SMILES string of the molecule is CCOc1c(C(N)=O)cc([C@@](O)(CNC(=O)c2cc(OC)c3nn(C(F)F)cc3c2)C2CC(F)(F)C2)nc1-c1cc(F)c(F)cc1F. The number of nitrogens with two attached hydrogens (primary N) is 1. The van der Waals surface area contributed by atoms with Crippen LogP contribution < -0.4 is 20.5 Å². The van der Waals surface area contributed by atoms with Gasteiger partial charge in [-0.1, -0.05) is 0 Å². The lowest BCUT2D eigenvalue weighted by Gasteiger charge is -2.45. The number of alkyl halides is 4. The van der Waals surface area contributed by atoms with Crippen molar-refractivity contribution in [1.29, 1.82) is 0 Å². The summed E-state index contributed by atoms with van der Waals surface area (Å²) in [5.74, 6) is -11.5. The Kier molecular flexibility index (Phi) is 8.79. The van der Waals surface area contributed by atoms with E-state index in [0.29, 0.717) is 10.7 Å². The van der Waals surface area contributed by atoms with Crippen LogP contribution in [0.1, 0.15) is 52.7 Å². The van der Waals surface area contributed by atoms with Crippen LogP contribution in [0.2, 0.25) is 0 Å². The second kappa shape index (κ2) is 12.4. The largest absolute Gasteiger partial charge is 0.494 e. The molecule has 4 aromatic rings. The minimum Gasteiger partial charge on any atom is -0.494 e. The Morgan fingerprint density at radius 3 is 2.40 bits per heavy atom. The highest BCUT2D eigenvalue weighted by atomic mass is 19.3. The number of ether oxygens (including phenoxy) is 2. The van der Waals surface area contributed by atoms with E-state index in [1.165, 1.54) is 26.2 Å². The van der Waals surface area contributed by atoms with Crippen molar-refractivity contribution >= 4 is 22.7 Å². The summed E-state index contributed by atoms with van der Waals surface area (Å²) in [6.45, 7) is -2.46. The van der Waals surface area contributed by atoms with Crippen LogP contribution in [0, 0.1) is 23.4 Å². The molecule has 0 spiro atoms. The molecule has 4 N–H and O–H groups in total. The zero-order valence-corrected chi connectivity index (χ0v) is 24.6. The molecule has 2 aromatic carbocycles. The normalized spacial score (nSPS) is 15.7. The maximum atomic E-state index is 15.0. The van der Waals surface area contributed by atoms with Crippen LogP contribution in [0.3, 0.4) is 0 Å². The van der Waals surface area contributed by atoms with Gasteiger partial charge in [0.25, 0.3) is 11.8 Å². The molecule has 2 aromatic heterocycles. The van der Waals surface area contributed by atoms with E-state index in [2.05, 4.69) is 15.4 Å². The van der Waals surface area contributed by atoms with E-state index in [0.717, 1.165) is 12.3 Å². The fourth-order valence-electron chi connectivity index (χ4n) is 5.38. The van der Waals surface area contributed by atoms with Gasteiger partial charge in [0.1, 0.15) is 28.4 Å². The number of primary amides is 1. The number of nitrogens with one attached hydrogen (secondary N) is 1. The van der Waals surface area contributed by atoms with E-state index in [-0.39, 0.29) is 34.9 Å². The number of methoxy groups -OCH3 is 1. The monoisotopic (exact) mass is 669 g/mol. The quantitative estimate of drug-likeness (QED) is 0.149. The van der Waals surface area contributed by atoms with E-state index >= 15 is 4.39 Å². The summed E-state index contributed by atoms with van der Waals surface area (Å²) in [6, 6.07) is 3.96. The van der Waals surface area contributed by atoms with Crippen LogP contribution in [0.5, 0.6) is 11.5 Å². The smallest absolute Gasteiger partial charge is 0.333 e. The summed E-state index contributed by atoms with van der Waals surface area (Å²) >= 11 is 0. The van der Waals surface area contributed by atoms with Crippen LogP contribution >= 0.6 is 0 Å². The molecule has 0 unspecified atom stereocenters. The maximum Gasteiger partial charge on any atom is 0.333 e. The molecule has 1 fully saturated rings. The molecule has 1 aliphatic rings. The number of carbonyl (C=O) groups is 2. The van der Waals surface area contributed by atoms with Crippen molar-refractivity contribution in [3.63, 3.8) is 0 Å².